The van der Waals surface area contributed by atoms with Crippen molar-refractivity contribution in [2.45, 2.75) is 4.90 Å². The third-order valence-electron chi connectivity index (χ3n) is 1.93. The molecule has 1 aromatic rings. The van der Waals surface area contributed by atoms with Crippen molar-refractivity contribution in [1.82, 2.24) is 0 Å². The minimum absolute atomic E-state index is 0.201. The van der Waals surface area contributed by atoms with Gasteiger partial charge in [-0.2, -0.15) is 0 Å². The molecule has 1 aromatic carbocycles. The van der Waals surface area contributed by atoms with Gasteiger partial charge in [-0.05, 0) is 12.1 Å². The molecule has 0 aliphatic heterocycles. The highest BCUT2D eigenvalue weighted by Gasteiger charge is 2.36. The van der Waals surface area contributed by atoms with Crippen molar-refractivity contribution < 1.29 is 15.0 Å². The normalized spacial score (nSPS) is 11.6. The summed E-state index contributed by atoms with van der Waals surface area (Å²) in [6.07, 6.45) is 0. The number of aromatic carboxylic acids is 1. The monoisotopic (exact) mass is 274 g/mol. The van der Waals surface area contributed by atoms with Crippen molar-refractivity contribution in [1.29, 1.82) is 0 Å². The van der Waals surface area contributed by atoms with Gasteiger partial charge < -0.3 is 15.9 Å². The number of nitrogens with two attached hydrogens (primary N) is 1. The largest absolute Gasteiger partial charge is 0.506 e. The van der Waals surface area contributed by atoms with E-state index in [1.54, 1.807) is 0 Å². The van der Waals surface area contributed by atoms with E-state index < -0.39 is 32.8 Å². The first-order valence-corrected chi connectivity index (χ1v) is 5.65. The molecular formula is C7H6N4O6S. The molecule has 11 heteroatoms. The van der Waals surface area contributed by atoms with Crippen LogP contribution in [0.1, 0.15) is 10.4 Å². The summed E-state index contributed by atoms with van der Waals surface area (Å²) >= 11 is 0. The first-order chi connectivity index (χ1) is 8.41. The zero-order chi connectivity index (χ0) is 13.9. The number of aromatic hydroxyl groups is 1. The zero-order valence-corrected chi connectivity index (χ0v) is 9.33. The Morgan fingerprint density at radius 1 is 1.17 bits per heavy atom. The van der Waals surface area contributed by atoms with Crippen molar-refractivity contribution in [3.05, 3.63) is 32.4 Å². The van der Waals surface area contributed by atoms with Crippen molar-refractivity contribution in [2.24, 2.45) is 13.7 Å². The number of carboxylic acid groups (broad SMARTS) is 1. The van der Waals surface area contributed by atoms with Crippen LogP contribution in [0.4, 0.5) is 5.69 Å². The molecule has 10 nitrogen and oxygen atoms in total. The van der Waals surface area contributed by atoms with E-state index in [0.29, 0.717) is 0 Å². The van der Waals surface area contributed by atoms with Gasteiger partial charge in [0.15, 0.2) is 0 Å². The third kappa shape index (κ3) is 1.98. The average molecular weight is 274 g/mol. The SMILES string of the molecule is Nc1cc(C(=O)O)c(O)c(S(N=O)(N=O)N=O)c1. The van der Waals surface area contributed by atoms with Crippen LogP contribution < -0.4 is 5.73 Å². The second-order valence-corrected chi connectivity index (χ2v) is 4.89. The molecule has 0 amide bonds. The predicted octanol–water partition coefficient (Wildman–Crippen LogP) is 1.88. The van der Waals surface area contributed by atoms with Gasteiger partial charge in [-0.15, -0.1) is 14.7 Å². The fourth-order valence-electron chi connectivity index (χ4n) is 1.16. The molecule has 4 N–H and O–H groups in total. The molecule has 0 unspecified atom stereocenters. The lowest BCUT2D eigenvalue weighted by molar-refractivity contribution is 0.0693. The maximum Gasteiger partial charge on any atom is 0.339 e. The van der Waals surface area contributed by atoms with E-state index >= 15 is 0 Å². The van der Waals surface area contributed by atoms with Gasteiger partial charge in [-0.3, -0.25) is 0 Å². The number of hydrogen-bond donors (Lipinski definition) is 3. The van der Waals surface area contributed by atoms with Crippen molar-refractivity contribution in [3.8, 4) is 5.75 Å². The van der Waals surface area contributed by atoms with Crippen molar-refractivity contribution in [2.75, 3.05) is 5.73 Å². The van der Waals surface area contributed by atoms with E-state index in [0.717, 1.165) is 12.1 Å². The maximum atomic E-state index is 10.8. The number of nitrogen functional groups attached to an aromatic ring is 1. The van der Waals surface area contributed by atoms with Crippen LogP contribution in [0.5, 0.6) is 5.75 Å². The summed E-state index contributed by atoms with van der Waals surface area (Å²) in [4.78, 5) is 41.7. The number of nitroso groups, excluding NO2 is 3. The molecular weight excluding hydrogens is 268 g/mol. The van der Waals surface area contributed by atoms with E-state index in [4.69, 9.17) is 10.8 Å². The number of anilines is 1. The van der Waals surface area contributed by atoms with Crippen molar-refractivity contribution >= 4 is 22.2 Å². The molecule has 0 spiro atoms. The average Bonchev–Trinajstić information content (AvgIpc) is 2.35. The quantitative estimate of drug-likeness (QED) is 0.417. The van der Waals surface area contributed by atoms with E-state index in [1.807, 2.05) is 0 Å². The van der Waals surface area contributed by atoms with Crippen molar-refractivity contribution in [3.63, 3.8) is 0 Å². The summed E-state index contributed by atoms with van der Waals surface area (Å²) in [6.45, 7) is 0. The fourth-order valence-corrected chi connectivity index (χ4v) is 2.15. The Balaban J connectivity index is 3.69. The maximum absolute atomic E-state index is 10.8. The van der Waals surface area contributed by atoms with E-state index in [-0.39, 0.29) is 5.69 Å². The Kier molecular flexibility index (Phi) is 3.56. The van der Waals surface area contributed by atoms with E-state index in [9.17, 15) is 24.6 Å². The van der Waals surface area contributed by atoms with Crippen LogP contribution in [0.3, 0.4) is 0 Å². The number of hydrogen-bond acceptors (Lipinski definition) is 9. The standard InChI is InChI=1S/C7H6N4O6S/c8-3-1-4(7(13)14)6(12)5(2-3)18(9-15,10-16)11-17/h1-2,12H,8H2,(H,13,14). The summed E-state index contributed by atoms with van der Waals surface area (Å²) in [7, 11) is -3.98. The first-order valence-electron chi connectivity index (χ1n) is 4.14. The number of nitrogens with zero attached hydrogens (tertiary/aromatic N) is 3. The smallest absolute Gasteiger partial charge is 0.339 e. The van der Waals surface area contributed by atoms with Gasteiger partial charge in [-0.1, -0.05) is 0 Å². The lowest BCUT2D eigenvalue weighted by atomic mass is 10.2. The Morgan fingerprint density at radius 2 is 1.67 bits per heavy atom. The fraction of sp³-hybridized carbons (Fsp3) is 0. The number of carboxylic acids is 1. The molecule has 18 heavy (non-hydrogen) atoms. The summed E-state index contributed by atoms with van der Waals surface area (Å²) in [5.41, 5.74) is 4.44. The molecule has 96 valence electrons. The second kappa shape index (κ2) is 4.75. The molecule has 0 atom stereocenters. The minimum Gasteiger partial charge on any atom is -0.506 e. The molecule has 0 heterocycles. The highest BCUT2D eigenvalue weighted by atomic mass is 32.3. The molecule has 0 aliphatic rings. The molecule has 1 rings (SSSR count). The van der Waals surface area contributed by atoms with Gasteiger partial charge in [0.1, 0.15) is 16.2 Å². The van der Waals surface area contributed by atoms with Crippen LogP contribution in [0.15, 0.2) is 30.8 Å². The summed E-state index contributed by atoms with van der Waals surface area (Å²) in [6, 6.07) is 1.73. The minimum atomic E-state index is -3.98. The van der Waals surface area contributed by atoms with Gasteiger partial charge in [0.25, 0.3) is 0 Å². The van der Waals surface area contributed by atoms with Crippen LogP contribution in [-0.2, 0) is 0 Å². The van der Waals surface area contributed by atoms with Gasteiger partial charge in [0, 0.05) is 19.4 Å². The van der Waals surface area contributed by atoms with Crippen LogP contribution in [0.2, 0.25) is 0 Å². The molecule has 0 aliphatic carbocycles. The summed E-state index contributed by atoms with van der Waals surface area (Å²) in [5, 5.41) is 18.4. The van der Waals surface area contributed by atoms with Crippen LogP contribution in [0, 0.1) is 14.7 Å². The number of rotatable bonds is 5. The van der Waals surface area contributed by atoms with Gasteiger partial charge in [0.2, 0.25) is 10.6 Å². The van der Waals surface area contributed by atoms with Gasteiger partial charge >= 0.3 is 5.97 Å². The molecule has 0 radical (unpaired) electrons. The van der Waals surface area contributed by atoms with Gasteiger partial charge in [-0.25, -0.2) is 4.79 Å². The summed E-state index contributed by atoms with van der Waals surface area (Å²) in [5.74, 6) is -2.57. The molecule has 0 aromatic heterocycles. The predicted molar refractivity (Wildman–Crippen MR) is 62.7 cm³/mol. The van der Waals surface area contributed by atoms with Crippen LogP contribution >= 0.6 is 10.6 Å². The van der Waals surface area contributed by atoms with Crippen LogP contribution in [0.25, 0.3) is 0 Å². The Hall–Kier alpha value is -2.56. The van der Waals surface area contributed by atoms with E-state index in [2.05, 4.69) is 13.7 Å². The number of carbonyl (C=O) groups is 1. The molecule has 0 fully saturated rings. The summed E-state index contributed by atoms with van der Waals surface area (Å²) < 4.78 is 6.59. The Morgan fingerprint density at radius 3 is 2.06 bits per heavy atom. The lowest BCUT2D eigenvalue weighted by Crippen LogP contribution is -2.02. The second-order valence-electron chi connectivity index (χ2n) is 2.96. The third-order valence-corrected chi connectivity index (χ3v) is 3.46. The van der Waals surface area contributed by atoms with Crippen LogP contribution in [-0.4, -0.2) is 16.2 Å². The molecule has 0 saturated carbocycles. The highest BCUT2D eigenvalue weighted by Crippen LogP contribution is 2.63. The molecule has 0 bridgehead atoms. The Bertz CT molecular complexity index is 525. The molecule has 0 saturated heterocycles. The Labute approximate surface area is 100 Å². The number of phenols is 1. The lowest BCUT2D eigenvalue weighted by Gasteiger charge is -2.16. The highest BCUT2D eigenvalue weighted by molar-refractivity contribution is 8.30. The topological polar surface area (TPSA) is 172 Å². The van der Waals surface area contributed by atoms with Gasteiger partial charge in [0.05, 0.1) is 0 Å². The van der Waals surface area contributed by atoms with E-state index in [1.165, 1.54) is 0 Å². The first kappa shape index (κ1) is 13.5. The zero-order valence-electron chi connectivity index (χ0n) is 8.51. The number of benzene rings is 1.